The Morgan fingerprint density at radius 2 is 1.78 bits per heavy atom. The van der Waals surface area contributed by atoms with Gasteiger partial charge >= 0.3 is 0 Å². The van der Waals surface area contributed by atoms with Crippen molar-refractivity contribution < 1.29 is 4.79 Å². The monoisotopic (exact) mass is 310 g/mol. The highest BCUT2D eigenvalue weighted by Crippen LogP contribution is 2.17. The lowest BCUT2D eigenvalue weighted by Gasteiger charge is -2.16. The molecule has 0 radical (unpaired) electrons. The molecular formula is C18H22N4O. The first kappa shape index (κ1) is 15.5. The van der Waals surface area contributed by atoms with Crippen LogP contribution >= 0.6 is 0 Å². The molecule has 5 heteroatoms. The van der Waals surface area contributed by atoms with Gasteiger partial charge in [0.2, 0.25) is 0 Å². The van der Waals surface area contributed by atoms with E-state index in [2.05, 4.69) is 15.2 Å². The van der Waals surface area contributed by atoms with E-state index in [-0.39, 0.29) is 5.91 Å². The summed E-state index contributed by atoms with van der Waals surface area (Å²) >= 11 is 0. The van der Waals surface area contributed by atoms with Gasteiger partial charge in [0.1, 0.15) is 5.82 Å². The van der Waals surface area contributed by atoms with Gasteiger partial charge in [-0.2, -0.15) is 0 Å². The first-order valence-corrected chi connectivity index (χ1v) is 8.03. The number of carbonyl (C=O) groups is 1. The van der Waals surface area contributed by atoms with Crippen LogP contribution < -0.4 is 16.0 Å². The summed E-state index contributed by atoms with van der Waals surface area (Å²) in [5, 5.41) is 2.92. The van der Waals surface area contributed by atoms with Crippen LogP contribution in [0.5, 0.6) is 0 Å². The maximum Gasteiger partial charge on any atom is 0.251 e. The molecule has 2 heterocycles. The molecule has 0 unspecified atom stereocenters. The van der Waals surface area contributed by atoms with Gasteiger partial charge in [-0.15, -0.1) is 0 Å². The fraction of sp³-hybridized carbons (Fsp3) is 0.333. The molecule has 5 nitrogen and oxygen atoms in total. The van der Waals surface area contributed by atoms with Crippen LogP contribution in [0.1, 0.15) is 34.3 Å². The summed E-state index contributed by atoms with van der Waals surface area (Å²) in [6.45, 7) is 3.13. The van der Waals surface area contributed by atoms with Crippen LogP contribution in [0.2, 0.25) is 0 Å². The number of amides is 1. The molecule has 0 bridgehead atoms. The van der Waals surface area contributed by atoms with Crippen LogP contribution in [0.25, 0.3) is 0 Å². The van der Waals surface area contributed by atoms with Crippen molar-refractivity contribution >= 4 is 11.7 Å². The van der Waals surface area contributed by atoms with Gasteiger partial charge in [-0.3, -0.25) is 4.79 Å². The fourth-order valence-electron chi connectivity index (χ4n) is 2.73. The molecule has 3 N–H and O–H groups in total. The van der Waals surface area contributed by atoms with Crippen LogP contribution in [-0.2, 0) is 13.1 Å². The van der Waals surface area contributed by atoms with Crippen molar-refractivity contribution in [1.29, 1.82) is 0 Å². The Bertz CT molecular complexity index is 646. The lowest BCUT2D eigenvalue weighted by molar-refractivity contribution is 0.0951. The second kappa shape index (κ2) is 7.24. The number of nitrogens with one attached hydrogen (secondary N) is 1. The Labute approximate surface area is 136 Å². The second-order valence-electron chi connectivity index (χ2n) is 5.80. The number of anilines is 1. The molecule has 1 saturated heterocycles. The zero-order chi connectivity index (χ0) is 16.1. The van der Waals surface area contributed by atoms with E-state index < -0.39 is 0 Å². The number of nitrogens with zero attached hydrogens (tertiary/aromatic N) is 2. The molecule has 120 valence electrons. The Kier molecular flexibility index (Phi) is 4.88. The van der Waals surface area contributed by atoms with E-state index in [4.69, 9.17) is 5.73 Å². The second-order valence-corrected chi connectivity index (χ2v) is 5.80. The largest absolute Gasteiger partial charge is 0.357 e. The Balaban J connectivity index is 1.55. The summed E-state index contributed by atoms with van der Waals surface area (Å²) < 4.78 is 0. The van der Waals surface area contributed by atoms with Gasteiger partial charge in [-0.05, 0) is 42.2 Å². The van der Waals surface area contributed by atoms with E-state index in [1.54, 1.807) is 12.1 Å². The highest BCUT2D eigenvalue weighted by atomic mass is 16.1. The highest BCUT2D eigenvalue weighted by molar-refractivity contribution is 5.94. The van der Waals surface area contributed by atoms with Gasteiger partial charge in [0.15, 0.2) is 0 Å². The van der Waals surface area contributed by atoms with Gasteiger partial charge < -0.3 is 16.0 Å². The molecule has 2 aromatic rings. The summed E-state index contributed by atoms with van der Waals surface area (Å²) in [4.78, 5) is 18.9. The molecular weight excluding hydrogens is 288 g/mol. The molecule has 1 amide bonds. The summed E-state index contributed by atoms with van der Waals surface area (Å²) in [6.07, 6.45) is 4.32. The average molecular weight is 310 g/mol. The third kappa shape index (κ3) is 3.87. The lowest BCUT2D eigenvalue weighted by atomic mass is 10.1. The average Bonchev–Trinajstić information content (AvgIpc) is 3.15. The minimum atomic E-state index is -0.0859. The Hall–Kier alpha value is -2.40. The highest BCUT2D eigenvalue weighted by Gasteiger charge is 2.13. The van der Waals surface area contributed by atoms with Crippen LogP contribution in [-0.4, -0.2) is 24.0 Å². The van der Waals surface area contributed by atoms with E-state index >= 15 is 0 Å². The number of nitrogens with two attached hydrogens (primary N) is 1. The SMILES string of the molecule is NCc1ccc(C(=O)NCc2ccc(N3CCCC3)nc2)cc1. The van der Waals surface area contributed by atoms with E-state index in [1.807, 2.05) is 30.5 Å². The molecule has 23 heavy (non-hydrogen) atoms. The number of aromatic nitrogens is 1. The molecule has 1 aromatic heterocycles. The lowest BCUT2D eigenvalue weighted by Crippen LogP contribution is -2.23. The minimum absolute atomic E-state index is 0.0859. The number of pyridine rings is 1. The van der Waals surface area contributed by atoms with Crippen molar-refractivity contribution in [2.24, 2.45) is 5.73 Å². The number of hydrogen-bond acceptors (Lipinski definition) is 4. The van der Waals surface area contributed by atoms with Gasteiger partial charge in [0.05, 0.1) is 0 Å². The molecule has 0 aliphatic carbocycles. The van der Waals surface area contributed by atoms with E-state index in [0.717, 1.165) is 30.0 Å². The summed E-state index contributed by atoms with van der Waals surface area (Å²) in [7, 11) is 0. The zero-order valence-corrected chi connectivity index (χ0v) is 13.2. The maximum absolute atomic E-state index is 12.1. The van der Waals surface area contributed by atoms with E-state index in [1.165, 1.54) is 12.8 Å². The quantitative estimate of drug-likeness (QED) is 0.887. The fourth-order valence-corrected chi connectivity index (χ4v) is 2.73. The molecule has 1 fully saturated rings. The molecule has 3 rings (SSSR count). The molecule has 1 aliphatic rings. The molecule has 0 saturated carbocycles. The van der Waals surface area contributed by atoms with E-state index in [9.17, 15) is 4.79 Å². The van der Waals surface area contributed by atoms with Crippen LogP contribution in [0, 0.1) is 0 Å². The number of rotatable bonds is 5. The van der Waals surface area contributed by atoms with Crippen molar-refractivity contribution in [3.8, 4) is 0 Å². The van der Waals surface area contributed by atoms with E-state index in [0.29, 0.717) is 18.7 Å². The summed E-state index contributed by atoms with van der Waals surface area (Å²) in [6, 6.07) is 11.4. The Morgan fingerprint density at radius 1 is 1.09 bits per heavy atom. The summed E-state index contributed by atoms with van der Waals surface area (Å²) in [5.41, 5.74) is 8.22. The van der Waals surface area contributed by atoms with Crippen molar-refractivity contribution in [2.75, 3.05) is 18.0 Å². The summed E-state index contributed by atoms with van der Waals surface area (Å²) in [5.74, 6) is 0.937. The van der Waals surface area contributed by atoms with Gasteiger partial charge in [0, 0.05) is 37.9 Å². The number of hydrogen-bond donors (Lipinski definition) is 2. The molecule has 0 atom stereocenters. The van der Waals surface area contributed by atoms with Crippen molar-refractivity contribution in [1.82, 2.24) is 10.3 Å². The van der Waals surface area contributed by atoms with Crippen molar-refractivity contribution in [2.45, 2.75) is 25.9 Å². The first-order valence-electron chi connectivity index (χ1n) is 8.03. The standard InChI is InChI=1S/C18H22N4O/c19-11-14-3-6-16(7-4-14)18(23)21-13-15-5-8-17(20-12-15)22-9-1-2-10-22/h3-8,12H,1-2,9-11,13,19H2,(H,21,23). The predicted molar refractivity (Wildman–Crippen MR) is 91.2 cm³/mol. The van der Waals surface area contributed by atoms with Gasteiger partial charge in [-0.25, -0.2) is 4.98 Å². The van der Waals surface area contributed by atoms with Crippen LogP contribution in [0.3, 0.4) is 0 Å². The Morgan fingerprint density at radius 3 is 2.39 bits per heavy atom. The zero-order valence-electron chi connectivity index (χ0n) is 13.2. The molecule has 1 aliphatic heterocycles. The van der Waals surface area contributed by atoms with Crippen molar-refractivity contribution in [3.63, 3.8) is 0 Å². The minimum Gasteiger partial charge on any atom is -0.357 e. The number of carbonyl (C=O) groups excluding carboxylic acids is 1. The topological polar surface area (TPSA) is 71.2 Å². The van der Waals surface area contributed by atoms with Crippen LogP contribution in [0.4, 0.5) is 5.82 Å². The predicted octanol–water partition coefficient (Wildman–Crippen LogP) is 2.07. The third-order valence-electron chi connectivity index (χ3n) is 4.14. The normalized spacial score (nSPS) is 14.0. The maximum atomic E-state index is 12.1. The van der Waals surface area contributed by atoms with Crippen LogP contribution in [0.15, 0.2) is 42.6 Å². The third-order valence-corrected chi connectivity index (χ3v) is 4.14. The first-order chi connectivity index (χ1) is 11.3. The van der Waals surface area contributed by atoms with Crippen molar-refractivity contribution in [3.05, 3.63) is 59.3 Å². The molecule has 1 aromatic carbocycles. The van der Waals surface area contributed by atoms with Gasteiger partial charge in [0.25, 0.3) is 5.91 Å². The smallest absolute Gasteiger partial charge is 0.251 e. The molecule has 0 spiro atoms. The number of benzene rings is 1. The van der Waals surface area contributed by atoms with Gasteiger partial charge in [-0.1, -0.05) is 18.2 Å².